The number of rotatable bonds is 5. The largest absolute Gasteiger partial charge is 0.492 e. The Balaban J connectivity index is 1.79. The maximum atomic E-state index is 12.8. The van der Waals surface area contributed by atoms with Gasteiger partial charge in [0.25, 0.3) is 5.91 Å². The molecule has 1 fully saturated rings. The van der Waals surface area contributed by atoms with Crippen molar-refractivity contribution in [2.45, 2.75) is 26.3 Å². The average molecular weight is 349 g/mol. The SMILES string of the molecule is CCOc1ccc(Cl)cc1NC1CCN(c2cc(C)nn2C)C1=O. The van der Waals surface area contributed by atoms with Crippen molar-refractivity contribution in [1.29, 1.82) is 0 Å². The summed E-state index contributed by atoms with van der Waals surface area (Å²) in [5, 5.41) is 8.20. The van der Waals surface area contributed by atoms with E-state index in [1.165, 1.54) is 0 Å². The third-order valence-corrected chi connectivity index (χ3v) is 4.27. The number of aryl methyl sites for hydroxylation is 2. The highest BCUT2D eigenvalue weighted by Crippen LogP contribution is 2.31. The van der Waals surface area contributed by atoms with Gasteiger partial charge in [-0.3, -0.25) is 14.4 Å². The van der Waals surface area contributed by atoms with Gasteiger partial charge < -0.3 is 10.1 Å². The van der Waals surface area contributed by atoms with E-state index in [1.807, 2.05) is 33.0 Å². The van der Waals surface area contributed by atoms with Crippen LogP contribution >= 0.6 is 11.6 Å². The number of halogens is 1. The Hall–Kier alpha value is -2.21. The molecule has 2 aromatic rings. The third kappa shape index (κ3) is 3.19. The molecule has 1 aromatic heterocycles. The second-order valence-corrected chi connectivity index (χ2v) is 6.25. The summed E-state index contributed by atoms with van der Waals surface area (Å²) in [6.45, 7) is 5.04. The molecule has 0 spiro atoms. The highest BCUT2D eigenvalue weighted by atomic mass is 35.5. The molecule has 0 saturated carbocycles. The molecule has 1 amide bonds. The summed E-state index contributed by atoms with van der Waals surface area (Å²) < 4.78 is 7.35. The molecule has 128 valence electrons. The molecule has 2 heterocycles. The number of carbonyl (C=O) groups is 1. The molecule has 1 N–H and O–H groups in total. The fraction of sp³-hybridized carbons (Fsp3) is 0.412. The fourth-order valence-corrected chi connectivity index (χ4v) is 3.15. The Labute approximate surface area is 146 Å². The van der Waals surface area contributed by atoms with Crippen molar-refractivity contribution in [2.75, 3.05) is 23.4 Å². The van der Waals surface area contributed by atoms with E-state index in [9.17, 15) is 4.79 Å². The third-order valence-electron chi connectivity index (χ3n) is 4.03. The van der Waals surface area contributed by atoms with Crippen LogP contribution in [0.2, 0.25) is 5.02 Å². The van der Waals surface area contributed by atoms with Crippen LogP contribution in [0.15, 0.2) is 24.3 Å². The van der Waals surface area contributed by atoms with Crippen LogP contribution in [0.5, 0.6) is 5.75 Å². The first-order valence-corrected chi connectivity index (χ1v) is 8.38. The number of hydrogen-bond donors (Lipinski definition) is 1. The minimum atomic E-state index is -0.308. The van der Waals surface area contributed by atoms with Gasteiger partial charge in [-0.25, -0.2) is 0 Å². The van der Waals surface area contributed by atoms with Crippen molar-refractivity contribution in [2.24, 2.45) is 7.05 Å². The molecule has 24 heavy (non-hydrogen) atoms. The Kier molecular flexibility index (Phi) is 4.66. The van der Waals surface area contributed by atoms with Crippen LogP contribution in [-0.2, 0) is 11.8 Å². The van der Waals surface area contributed by atoms with Crippen molar-refractivity contribution >= 4 is 29.0 Å². The van der Waals surface area contributed by atoms with Crippen LogP contribution in [0.25, 0.3) is 0 Å². The summed E-state index contributed by atoms with van der Waals surface area (Å²) >= 11 is 6.08. The fourth-order valence-electron chi connectivity index (χ4n) is 2.97. The molecular formula is C17H21ClN4O2. The number of amides is 1. The maximum Gasteiger partial charge on any atom is 0.250 e. The van der Waals surface area contributed by atoms with Crippen LogP contribution in [-0.4, -0.2) is 34.9 Å². The zero-order chi connectivity index (χ0) is 17.3. The van der Waals surface area contributed by atoms with Gasteiger partial charge in [-0.1, -0.05) is 11.6 Å². The van der Waals surface area contributed by atoms with Gasteiger partial charge in [-0.05, 0) is 38.5 Å². The first kappa shape index (κ1) is 16.6. The predicted molar refractivity (Wildman–Crippen MR) is 94.9 cm³/mol. The van der Waals surface area contributed by atoms with Crippen LogP contribution in [0.1, 0.15) is 19.0 Å². The van der Waals surface area contributed by atoms with Gasteiger partial charge in [0, 0.05) is 24.7 Å². The minimum Gasteiger partial charge on any atom is -0.492 e. The molecule has 6 nitrogen and oxygen atoms in total. The molecule has 1 aliphatic heterocycles. The highest BCUT2D eigenvalue weighted by Gasteiger charge is 2.34. The summed E-state index contributed by atoms with van der Waals surface area (Å²) in [5.74, 6) is 1.54. The van der Waals surface area contributed by atoms with Crippen LogP contribution in [0, 0.1) is 6.92 Å². The monoisotopic (exact) mass is 348 g/mol. The second-order valence-electron chi connectivity index (χ2n) is 5.82. The number of ether oxygens (including phenoxy) is 1. The smallest absolute Gasteiger partial charge is 0.250 e. The van der Waals surface area contributed by atoms with Crippen molar-refractivity contribution in [1.82, 2.24) is 9.78 Å². The van der Waals surface area contributed by atoms with Crippen molar-refractivity contribution in [3.05, 3.63) is 35.0 Å². The lowest BCUT2D eigenvalue weighted by atomic mass is 10.2. The number of hydrogen-bond acceptors (Lipinski definition) is 4. The highest BCUT2D eigenvalue weighted by molar-refractivity contribution is 6.31. The normalized spacial score (nSPS) is 17.4. The maximum absolute atomic E-state index is 12.8. The van der Waals surface area contributed by atoms with Gasteiger partial charge in [-0.15, -0.1) is 0 Å². The summed E-state index contributed by atoms with van der Waals surface area (Å²) in [5.41, 5.74) is 1.64. The molecule has 3 rings (SSSR count). The van der Waals surface area contributed by atoms with E-state index in [0.29, 0.717) is 30.3 Å². The van der Waals surface area contributed by atoms with Crippen molar-refractivity contribution in [3.8, 4) is 5.75 Å². The molecule has 1 aliphatic rings. The molecule has 1 atom stereocenters. The Bertz CT molecular complexity index is 759. The van der Waals surface area contributed by atoms with Crippen LogP contribution < -0.4 is 15.0 Å². The summed E-state index contributed by atoms with van der Waals surface area (Å²) in [7, 11) is 1.85. The van der Waals surface area contributed by atoms with E-state index in [0.717, 1.165) is 17.2 Å². The number of aromatic nitrogens is 2. The molecule has 1 aromatic carbocycles. The van der Waals surface area contributed by atoms with Crippen LogP contribution in [0.4, 0.5) is 11.5 Å². The lowest BCUT2D eigenvalue weighted by Gasteiger charge is -2.19. The van der Waals surface area contributed by atoms with E-state index >= 15 is 0 Å². The van der Waals surface area contributed by atoms with Gasteiger partial charge in [0.15, 0.2) is 0 Å². The molecule has 1 saturated heterocycles. The number of nitrogens with zero attached hydrogens (tertiary/aromatic N) is 3. The van der Waals surface area contributed by atoms with E-state index in [2.05, 4.69) is 10.4 Å². The summed E-state index contributed by atoms with van der Waals surface area (Å²) in [6.07, 6.45) is 0.709. The zero-order valence-corrected chi connectivity index (χ0v) is 14.8. The average Bonchev–Trinajstić information content (AvgIpc) is 3.05. The lowest BCUT2D eigenvalue weighted by Crippen LogP contribution is -2.34. The van der Waals surface area contributed by atoms with E-state index < -0.39 is 0 Å². The number of benzene rings is 1. The van der Waals surface area contributed by atoms with Gasteiger partial charge in [0.1, 0.15) is 17.6 Å². The molecule has 0 radical (unpaired) electrons. The molecule has 7 heteroatoms. The van der Waals surface area contributed by atoms with E-state index in [-0.39, 0.29) is 11.9 Å². The summed E-state index contributed by atoms with van der Waals surface area (Å²) in [6, 6.07) is 6.99. The first-order valence-electron chi connectivity index (χ1n) is 8.00. The quantitative estimate of drug-likeness (QED) is 0.902. The number of anilines is 2. The molecule has 0 aliphatic carbocycles. The first-order chi connectivity index (χ1) is 11.5. The lowest BCUT2D eigenvalue weighted by molar-refractivity contribution is -0.117. The van der Waals surface area contributed by atoms with Gasteiger partial charge in [0.2, 0.25) is 0 Å². The minimum absolute atomic E-state index is 0.0282. The summed E-state index contributed by atoms with van der Waals surface area (Å²) in [4.78, 5) is 14.5. The van der Waals surface area contributed by atoms with Gasteiger partial charge in [-0.2, -0.15) is 5.10 Å². The Morgan fingerprint density at radius 3 is 2.88 bits per heavy atom. The van der Waals surface area contributed by atoms with Crippen molar-refractivity contribution < 1.29 is 9.53 Å². The number of carbonyl (C=O) groups excluding carboxylic acids is 1. The zero-order valence-electron chi connectivity index (χ0n) is 14.0. The number of nitrogens with one attached hydrogen (secondary N) is 1. The molecule has 1 unspecified atom stereocenters. The molecule has 0 bridgehead atoms. The molecular weight excluding hydrogens is 328 g/mol. The van der Waals surface area contributed by atoms with Gasteiger partial charge >= 0.3 is 0 Å². The Morgan fingerprint density at radius 1 is 1.42 bits per heavy atom. The van der Waals surface area contributed by atoms with E-state index in [4.69, 9.17) is 16.3 Å². The Morgan fingerprint density at radius 2 is 2.21 bits per heavy atom. The van der Waals surface area contributed by atoms with Crippen molar-refractivity contribution in [3.63, 3.8) is 0 Å². The standard InChI is InChI=1S/C17H21ClN4O2/c1-4-24-15-6-5-12(18)10-14(15)19-13-7-8-22(17(13)23)16-9-11(2)20-21(16)3/h5-6,9-10,13,19H,4,7-8H2,1-3H3. The van der Waals surface area contributed by atoms with Crippen LogP contribution in [0.3, 0.4) is 0 Å². The topological polar surface area (TPSA) is 59.4 Å². The second kappa shape index (κ2) is 6.73. The van der Waals surface area contributed by atoms with E-state index in [1.54, 1.807) is 21.7 Å². The van der Waals surface area contributed by atoms with Gasteiger partial charge in [0.05, 0.1) is 18.0 Å². The predicted octanol–water partition coefficient (Wildman–Crippen LogP) is 3.00.